The highest BCUT2D eigenvalue weighted by Gasteiger charge is 2.32. The summed E-state index contributed by atoms with van der Waals surface area (Å²) < 4.78 is 13.2. The number of ether oxygens (including phenoxy) is 2. The summed E-state index contributed by atoms with van der Waals surface area (Å²) in [5.74, 6) is 0.412. The minimum Gasteiger partial charge on any atom is -0.492 e. The van der Waals surface area contributed by atoms with E-state index in [2.05, 4.69) is 15.2 Å². The molecule has 0 unspecified atom stereocenters. The van der Waals surface area contributed by atoms with Gasteiger partial charge < -0.3 is 14.0 Å². The number of carbonyl (C=O) groups is 2. The van der Waals surface area contributed by atoms with Crippen molar-refractivity contribution in [1.82, 2.24) is 19.7 Å². The van der Waals surface area contributed by atoms with Crippen LogP contribution in [0.5, 0.6) is 5.75 Å². The van der Waals surface area contributed by atoms with Crippen LogP contribution in [0.1, 0.15) is 37.6 Å². The van der Waals surface area contributed by atoms with Gasteiger partial charge >= 0.3 is 6.09 Å². The van der Waals surface area contributed by atoms with Crippen molar-refractivity contribution in [1.29, 1.82) is 0 Å². The summed E-state index contributed by atoms with van der Waals surface area (Å²) in [6.07, 6.45) is 5.39. The topological polar surface area (TPSA) is 99.4 Å². The average Bonchev–Trinajstić information content (AvgIpc) is 3.23. The van der Waals surface area contributed by atoms with Crippen LogP contribution in [0.25, 0.3) is 11.5 Å². The number of amides is 2. The molecule has 1 aromatic carbocycles. The molecule has 0 atom stereocenters. The second-order valence-corrected chi connectivity index (χ2v) is 8.41. The van der Waals surface area contributed by atoms with Crippen molar-refractivity contribution in [2.24, 2.45) is 0 Å². The van der Waals surface area contributed by atoms with E-state index in [1.807, 2.05) is 16.7 Å². The van der Waals surface area contributed by atoms with Crippen molar-refractivity contribution in [2.75, 3.05) is 11.5 Å². The average molecular weight is 447 g/mol. The van der Waals surface area contributed by atoms with Crippen molar-refractivity contribution in [3.63, 3.8) is 0 Å². The zero-order chi connectivity index (χ0) is 23.4. The van der Waals surface area contributed by atoms with E-state index >= 15 is 0 Å². The molecule has 0 radical (unpaired) electrons. The fourth-order valence-corrected chi connectivity index (χ4v) is 3.28. The first kappa shape index (κ1) is 22.2. The van der Waals surface area contributed by atoms with Crippen molar-refractivity contribution in [3.8, 4) is 17.3 Å². The number of carbonyl (C=O) groups excluding carboxylic acids is 2. The molecular weight excluding hydrogens is 422 g/mol. The van der Waals surface area contributed by atoms with E-state index < -0.39 is 17.6 Å². The Morgan fingerprint density at radius 2 is 1.91 bits per heavy atom. The highest BCUT2D eigenvalue weighted by atomic mass is 16.6. The zero-order valence-corrected chi connectivity index (χ0v) is 18.8. The van der Waals surface area contributed by atoms with Crippen molar-refractivity contribution in [2.45, 2.75) is 39.3 Å². The predicted molar refractivity (Wildman–Crippen MR) is 122 cm³/mol. The van der Waals surface area contributed by atoms with Crippen LogP contribution in [0.2, 0.25) is 0 Å². The third-order valence-corrected chi connectivity index (χ3v) is 4.72. The van der Waals surface area contributed by atoms with Crippen LogP contribution in [0, 0.1) is 0 Å². The Balaban J connectivity index is 1.86. The van der Waals surface area contributed by atoms with E-state index in [0.29, 0.717) is 36.8 Å². The van der Waals surface area contributed by atoms with E-state index in [1.165, 1.54) is 0 Å². The molecule has 0 aliphatic carbocycles. The molecule has 0 fully saturated rings. The Kier molecular flexibility index (Phi) is 6.21. The first-order valence-electron chi connectivity index (χ1n) is 10.6. The van der Waals surface area contributed by atoms with Gasteiger partial charge in [0.15, 0.2) is 5.82 Å². The summed E-state index contributed by atoms with van der Waals surface area (Å²) in [7, 11) is 0. The van der Waals surface area contributed by atoms with Gasteiger partial charge in [-0.2, -0.15) is 4.90 Å². The quantitative estimate of drug-likeness (QED) is 0.475. The lowest BCUT2D eigenvalue weighted by molar-refractivity contribution is 0.0562. The van der Waals surface area contributed by atoms with Crippen LogP contribution >= 0.6 is 0 Å². The third-order valence-electron chi connectivity index (χ3n) is 4.72. The summed E-state index contributed by atoms with van der Waals surface area (Å²) in [5.41, 5.74) is -0.106. The predicted octanol–water partition coefficient (Wildman–Crippen LogP) is 4.26. The molecular formula is C24H25N5O4. The Morgan fingerprint density at radius 1 is 1.09 bits per heavy atom. The van der Waals surface area contributed by atoms with E-state index in [9.17, 15) is 9.59 Å². The molecule has 3 aromatic rings. The number of nitrogens with zero attached hydrogens (tertiary/aromatic N) is 5. The molecule has 1 aliphatic rings. The Hall–Kier alpha value is -4.01. The monoisotopic (exact) mass is 447 g/mol. The number of pyridine rings is 1. The maximum Gasteiger partial charge on any atom is 0.423 e. The summed E-state index contributed by atoms with van der Waals surface area (Å²) in [5, 5.41) is 8.17. The Labute approximate surface area is 191 Å². The number of allylic oxidation sites excluding steroid dienone is 1. The number of para-hydroxylation sites is 1. The lowest BCUT2D eigenvalue weighted by atomic mass is 10.1. The number of fused-ring (bicyclic) bond motifs is 5. The van der Waals surface area contributed by atoms with Gasteiger partial charge in [0.1, 0.15) is 29.2 Å². The highest BCUT2D eigenvalue weighted by molar-refractivity contribution is 6.19. The molecule has 9 nitrogen and oxygen atoms in total. The van der Waals surface area contributed by atoms with Gasteiger partial charge in [-0.15, -0.1) is 10.2 Å². The minimum absolute atomic E-state index is 0.113. The van der Waals surface area contributed by atoms with E-state index in [-0.39, 0.29) is 11.4 Å². The maximum absolute atomic E-state index is 13.7. The van der Waals surface area contributed by atoms with E-state index in [0.717, 1.165) is 4.90 Å². The second kappa shape index (κ2) is 9.23. The summed E-state index contributed by atoms with van der Waals surface area (Å²) >= 11 is 0. The maximum atomic E-state index is 13.7. The number of hydrogen-bond acceptors (Lipinski definition) is 7. The Bertz CT molecular complexity index is 1200. The molecule has 2 aromatic heterocycles. The van der Waals surface area contributed by atoms with Gasteiger partial charge in [-0.3, -0.25) is 4.79 Å². The number of anilines is 1. The van der Waals surface area contributed by atoms with Crippen LogP contribution in [0.15, 0.2) is 60.9 Å². The second-order valence-electron chi connectivity index (χ2n) is 8.41. The highest BCUT2D eigenvalue weighted by Crippen LogP contribution is 2.26. The van der Waals surface area contributed by atoms with Gasteiger partial charge in [-0.1, -0.05) is 30.4 Å². The lowest BCUT2D eigenvalue weighted by Crippen LogP contribution is -2.41. The molecule has 1 aliphatic heterocycles. The van der Waals surface area contributed by atoms with Crippen LogP contribution in [-0.2, 0) is 11.3 Å². The molecule has 33 heavy (non-hydrogen) atoms. The minimum atomic E-state index is -0.834. The Morgan fingerprint density at radius 3 is 2.73 bits per heavy atom. The summed E-state index contributed by atoms with van der Waals surface area (Å²) in [6, 6.07) is 11.8. The zero-order valence-electron chi connectivity index (χ0n) is 18.8. The van der Waals surface area contributed by atoms with E-state index in [1.54, 1.807) is 69.6 Å². The van der Waals surface area contributed by atoms with Crippen molar-refractivity contribution >= 4 is 17.8 Å². The summed E-state index contributed by atoms with van der Waals surface area (Å²) in [6.45, 7) is 6.12. The fourth-order valence-electron chi connectivity index (χ4n) is 3.28. The van der Waals surface area contributed by atoms with Gasteiger partial charge in [0.2, 0.25) is 0 Å². The first-order valence-corrected chi connectivity index (χ1v) is 10.6. The smallest absolute Gasteiger partial charge is 0.423 e. The standard InChI is InChI=1S/C24H25N5O4/c1-24(2,3)33-23(31)29-20-13-9-11-18(26-20)21-27-25-16-28(21)14-7-4-8-15-32-19-12-6-5-10-17(19)22(29)30/h4-7,9-13,16H,8,14-15H2,1-3H3/b7-4+. The molecule has 2 amide bonds. The third kappa shape index (κ3) is 5.08. The first-order chi connectivity index (χ1) is 15.8. The lowest BCUT2D eigenvalue weighted by Gasteiger charge is -2.26. The molecule has 4 rings (SSSR count). The largest absolute Gasteiger partial charge is 0.492 e. The number of rotatable bonds is 0. The van der Waals surface area contributed by atoms with Crippen LogP contribution in [-0.4, -0.2) is 44.0 Å². The molecule has 0 N–H and O–H groups in total. The fraction of sp³-hybridized carbons (Fsp3) is 0.292. The number of benzene rings is 1. The normalized spacial score (nSPS) is 15.4. The molecule has 9 heteroatoms. The number of aromatic nitrogens is 4. The number of imide groups is 1. The van der Waals surface area contributed by atoms with Gasteiger partial charge in [-0.25, -0.2) is 9.78 Å². The molecule has 170 valence electrons. The SMILES string of the molecule is CC(C)(C)OC(=O)N1C(=O)c2ccccc2OCC/C=C/Cn2cnnc2-c2cccc1n2. The van der Waals surface area contributed by atoms with Gasteiger partial charge in [0.25, 0.3) is 5.91 Å². The molecule has 0 saturated heterocycles. The summed E-state index contributed by atoms with van der Waals surface area (Å²) in [4.78, 5) is 32.3. The van der Waals surface area contributed by atoms with Crippen LogP contribution in [0.3, 0.4) is 0 Å². The van der Waals surface area contributed by atoms with Crippen molar-refractivity contribution < 1.29 is 19.1 Å². The van der Waals surface area contributed by atoms with Crippen molar-refractivity contribution in [3.05, 3.63) is 66.5 Å². The molecule has 3 heterocycles. The van der Waals surface area contributed by atoms with E-state index in [4.69, 9.17) is 9.47 Å². The van der Waals surface area contributed by atoms with Gasteiger partial charge in [-0.05, 0) is 51.5 Å². The van der Waals surface area contributed by atoms with Gasteiger partial charge in [0, 0.05) is 6.54 Å². The molecule has 0 saturated carbocycles. The van der Waals surface area contributed by atoms with Crippen LogP contribution < -0.4 is 9.64 Å². The van der Waals surface area contributed by atoms with Crippen LogP contribution in [0.4, 0.5) is 10.6 Å². The number of hydrogen-bond donors (Lipinski definition) is 0. The molecule has 0 spiro atoms. The molecule has 2 bridgehead atoms. The van der Waals surface area contributed by atoms with Gasteiger partial charge in [0.05, 0.1) is 12.2 Å².